The Morgan fingerprint density at radius 1 is 1.42 bits per heavy atom. The standard InChI is InChI=1S/C9H10N2O/c1-10-9(12)11-7-8-5-3-2-4-6-8/h2-7H,1H3,(H,10,12). The van der Waals surface area contributed by atoms with E-state index in [1.807, 2.05) is 30.3 Å². The highest BCUT2D eigenvalue weighted by Crippen LogP contribution is 1.93. The van der Waals surface area contributed by atoms with E-state index >= 15 is 0 Å². The van der Waals surface area contributed by atoms with Crippen molar-refractivity contribution in [2.45, 2.75) is 0 Å². The fourth-order valence-corrected chi connectivity index (χ4v) is 0.737. The van der Waals surface area contributed by atoms with Crippen LogP contribution in [0.15, 0.2) is 35.3 Å². The average Bonchev–Trinajstić information content (AvgIpc) is 2.16. The number of nitrogens with one attached hydrogen (secondary N) is 1. The molecule has 0 aliphatic carbocycles. The van der Waals surface area contributed by atoms with E-state index in [1.54, 1.807) is 7.05 Å². The largest absolute Gasteiger partial charge is 0.340 e. The van der Waals surface area contributed by atoms with Gasteiger partial charge >= 0.3 is 6.03 Å². The van der Waals surface area contributed by atoms with Crippen molar-refractivity contribution in [1.82, 2.24) is 5.32 Å². The second-order valence-corrected chi connectivity index (χ2v) is 2.22. The Morgan fingerprint density at radius 3 is 2.67 bits per heavy atom. The van der Waals surface area contributed by atoms with Crippen molar-refractivity contribution in [3.8, 4) is 0 Å². The number of carbonyl (C=O) groups excluding carboxylic acids is 1. The molecule has 0 saturated carbocycles. The monoisotopic (exact) mass is 162 g/mol. The molecule has 0 aromatic heterocycles. The van der Waals surface area contributed by atoms with Gasteiger partial charge in [-0.05, 0) is 5.56 Å². The third-order valence-corrected chi connectivity index (χ3v) is 1.34. The Hall–Kier alpha value is -1.64. The van der Waals surface area contributed by atoms with E-state index in [1.165, 1.54) is 6.21 Å². The van der Waals surface area contributed by atoms with Crippen molar-refractivity contribution in [1.29, 1.82) is 0 Å². The molecule has 0 bridgehead atoms. The zero-order chi connectivity index (χ0) is 8.81. The number of aliphatic imine (C=N–C) groups is 1. The minimum absolute atomic E-state index is 0.334. The van der Waals surface area contributed by atoms with Crippen LogP contribution in [0.4, 0.5) is 4.79 Å². The van der Waals surface area contributed by atoms with E-state index in [4.69, 9.17) is 0 Å². The van der Waals surface area contributed by atoms with Gasteiger partial charge in [-0.2, -0.15) is 0 Å². The Bertz CT molecular complexity index is 280. The first kappa shape index (κ1) is 8.46. The molecular formula is C9H10N2O. The molecular weight excluding hydrogens is 152 g/mol. The van der Waals surface area contributed by atoms with Crippen molar-refractivity contribution in [3.05, 3.63) is 35.9 Å². The maximum Gasteiger partial charge on any atom is 0.340 e. The predicted molar refractivity (Wildman–Crippen MR) is 48.5 cm³/mol. The van der Waals surface area contributed by atoms with Gasteiger partial charge in [0.05, 0.1) is 0 Å². The third-order valence-electron chi connectivity index (χ3n) is 1.34. The minimum Gasteiger partial charge on any atom is -0.339 e. The summed E-state index contributed by atoms with van der Waals surface area (Å²) in [6.45, 7) is 0. The zero-order valence-electron chi connectivity index (χ0n) is 6.82. The van der Waals surface area contributed by atoms with Crippen LogP contribution in [-0.2, 0) is 0 Å². The first-order valence-corrected chi connectivity index (χ1v) is 3.64. The second kappa shape index (κ2) is 4.28. The number of nitrogens with zero attached hydrogens (tertiary/aromatic N) is 1. The van der Waals surface area contributed by atoms with Crippen molar-refractivity contribution < 1.29 is 4.79 Å². The summed E-state index contributed by atoms with van der Waals surface area (Å²) in [5, 5.41) is 2.40. The second-order valence-electron chi connectivity index (χ2n) is 2.22. The molecule has 12 heavy (non-hydrogen) atoms. The topological polar surface area (TPSA) is 41.5 Å². The molecule has 0 saturated heterocycles. The number of amides is 2. The van der Waals surface area contributed by atoms with Gasteiger partial charge in [0.2, 0.25) is 0 Å². The average molecular weight is 162 g/mol. The van der Waals surface area contributed by atoms with Crippen LogP contribution >= 0.6 is 0 Å². The highest BCUT2D eigenvalue weighted by molar-refractivity contribution is 5.90. The summed E-state index contributed by atoms with van der Waals surface area (Å²) >= 11 is 0. The Labute approximate surface area is 71.1 Å². The molecule has 0 unspecified atom stereocenters. The summed E-state index contributed by atoms with van der Waals surface area (Å²) in [4.78, 5) is 14.3. The predicted octanol–water partition coefficient (Wildman–Crippen LogP) is 1.44. The SMILES string of the molecule is CNC(=O)N=Cc1ccccc1. The maximum atomic E-state index is 10.7. The molecule has 3 heteroatoms. The Morgan fingerprint density at radius 2 is 2.08 bits per heavy atom. The first-order valence-electron chi connectivity index (χ1n) is 3.64. The molecule has 2 amide bonds. The van der Waals surface area contributed by atoms with Gasteiger partial charge in [-0.15, -0.1) is 0 Å². The van der Waals surface area contributed by atoms with Gasteiger partial charge in [0.15, 0.2) is 0 Å². The summed E-state index contributed by atoms with van der Waals surface area (Å²) in [6, 6.07) is 9.13. The number of carbonyl (C=O) groups is 1. The van der Waals surface area contributed by atoms with Crippen LogP contribution < -0.4 is 5.32 Å². The van der Waals surface area contributed by atoms with E-state index in [0.717, 1.165) is 5.56 Å². The van der Waals surface area contributed by atoms with Crippen LogP contribution in [0.3, 0.4) is 0 Å². The lowest BCUT2D eigenvalue weighted by molar-refractivity contribution is 0.251. The maximum absolute atomic E-state index is 10.7. The number of hydrogen-bond acceptors (Lipinski definition) is 1. The van der Waals surface area contributed by atoms with Crippen molar-refractivity contribution in [3.63, 3.8) is 0 Å². The van der Waals surface area contributed by atoms with Gasteiger partial charge < -0.3 is 5.32 Å². The van der Waals surface area contributed by atoms with Gasteiger partial charge in [-0.25, -0.2) is 9.79 Å². The van der Waals surface area contributed by atoms with E-state index in [-0.39, 0.29) is 6.03 Å². The van der Waals surface area contributed by atoms with Crippen molar-refractivity contribution >= 4 is 12.2 Å². The molecule has 1 aromatic carbocycles. The zero-order valence-corrected chi connectivity index (χ0v) is 6.82. The summed E-state index contributed by atoms with van der Waals surface area (Å²) in [5.74, 6) is 0. The van der Waals surface area contributed by atoms with E-state index in [9.17, 15) is 4.79 Å². The van der Waals surface area contributed by atoms with Gasteiger partial charge in [0.25, 0.3) is 0 Å². The van der Waals surface area contributed by atoms with Crippen molar-refractivity contribution in [2.75, 3.05) is 7.05 Å². The third kappa shape index (κ3) is 2.54. The highest BCUT2D eigenvalue weighted by atomic mass is 16.2. The van der Waals surface area contributed by atoms with Crippen LogP contribution in [-0.4, -0.2) is 19.3 Å². The summed E-state index contributed by atoms with van der Waals surface area (Å²) < 4.78 is 0. The van der Waals surface area contributed by atoms with Crippen LogP contribution in [0.25, 0.3) is 0 Å². The van der Waals surface area contributed by atoms with E-state index in [0.29, 0.717) is 0 Å². The van der Waals surface area contributed by atoms with Crippen LogP contribution in [0, 0.1) is 0 Å². The fraction of sp³-hybridized carbons (Fsp3) is 0.111. The summed E-state index contributed by atoms with van der Waals surface area (Å²) in [6.07, 6.45) is 1.53. The highest BCUT2D eigenvalue weighted by Gasteiger charge is 1.88. The lowest BCUT2D eigenvalue weighted by atomic mass is 10.2. The fourth-order valence-electron chi connectivity index (χ4n) is 0.737. The summed E-state index contributed by atoms with van der Waals surface area (Å²) in [7, 11) is 1.55. The molecule has 0 atom stereocenters. The van der Waals surface area contributed by atoms with Crippen LogP contribution in [0.2, 0.25) is 0 Å². The molecule has 0 aliphatic heterocycles. The number of rotatable bonds is 1. The number of benzene rings is 1. The molecule has 0 radical (unpaired) electrons. The molecule has 62 valence electrons. The molecule has 1 rings (SSSR count). The smallest absolute Gasteiger partial charge is 0.339 e. The summed E-state index contributed by atoms with van der Waals surface area (Å²) in [5.41, 5.74) is 0.918. The molecule has 0 fully saturated rings. The number of urea groups is 1. The minimum atomic E-state index is -0.334. The van der Waals surface area contributed by atoms with Crippen LogP contribution in [0.1, 0.15) is 5.56 Å². The van der Waals surface area contributed by atoms with Crippen LogP contribution in [0.5, 0.6) is 0 Å². The lowest BCUT2D eigenvalue weighted by Gasteiger charge is -1.90. The molecule has 0 aliphatic rings. The van der Waals surface area contributed by atoms with Gasteiger partial charge in [0, 0.05) is 13.3 Å². The molecule has 1 aromatic rings. The van der Waals surface area contributed by atoms with Gasteiger partial charge in [-0.3, -0.25) is 0 Å². The van der Waals surface area contributed by atoms with E-state index in [2.05, 4.69) is 10.3 Å². The van der Waals surface area contributed by atoms with Gasteiger partial charge in [-0.1, -0.05) is 30.3 Å². The normalized spacial score (nSPS) is 10.1. The molecule has 1 N–H and O–H groups in total. The lowest BCUT2D eigenvalue weighted by Crippen LogP contribution is -2.12. The van der Waals surface area contributed by atoms with E-state index < -0.39 is 0 Å². The number of hydrogen-bond donors (Lipinski definition) is 1. The first-order chi connectivity index (χ1) is 5.83. The quantitative estimate of drug-likeness (QED) is 0.624. The molecule has 0 heterocycles. The van der Waals surface area contributed by atoms with Crippen molar-refractivity contribution in [2.24, 2.45) is 4.99 Å². The van der Waals surface area contributed by atoms with Gasteiger partial charge in [0.1, 0.15) is 0 Å². The molecule has 3 nitrogen and oxygen atoms in total. The Balaban J connectivity index is 2.64. The Kier molecular flexibility index (Phi) is 3.02. The molecule has 0 spiro atoms.